The van der Waals surface area contributed by atoms with E-state index < -0.39 is 36.4 Å². The maximum atomic E-state index is 11.5. The molecule has 2 unspecified atom stereocenters. The third kappa shape index (κ3) is 4.25. The molecule has 0 rings (SSSR count). The molecule has 0 saturated carbocycles. The number of ether oxygens (including phenoxy) is 1. The molecule has 0 aromatic carbocycles. The lowest BCUT2D eigenvalue weighted by atomic mass is 9.99. The molecule has 2 atom stereocenters. The van der Waals surface area contributed by atoms with Crippen LogP contribution < -0.4 is 0 Å². The van der Waals surface area contributed by atoms with Crippen molar-refractivity contribution >= 4 is 11.9 Å². The number of carbonyl (C=O) groups is 2. The molecule has 4 N–H and O–H groups in total. The molecule has 0 saturated heterocycles. The van der Waals surface area contributed by atoms with Gasteiger partial charge in [-0.1, -0.05) is 12.2 Å². The molecule has 0 amide bonds. The topological polar surface area (TPSA) is 124 Å². The first-order valence-corrected chi connectivity index (χ1v) is 5.44. The molecular weight excluding hydrogens is 256 g/mol. The summed E-state index contributed by atoms with van der Waals surface area (Å²) in [6.45, 7) is 4.60. The Morgan fingerprint density at radius 2 is 1.26 bits per heavy atom. The van der Waals surface area contributed by atoms with Gasteiger partial charge in [-0.05, 0) is 0 Å². The van der Waals surface area contributed by atoms with E-state index in [1.807, 2.05) is 0 Å². The number of aliphatic hydroxyl groups excluding tert-OH is 2. The van der Waals surface area contributed by atoms with E-state index in [4.69, 9.17) is 10.2 Å². The van der Waals surface area contributed by atoms with Crippen LogP contribution in [0.3, 0.4) is 0 Å². The third-order valence-corrected chi connectivity index (χ3v) is 2.43. The van der Waals surface area contributed by atoms with E-state index in [-0.39, 0.29) is 12.8 Å². The molecule has 0 aromatic rings. The standard InChI is InChI=1S/C12H18O7/c1-3-5-11(17,7-13)9(15)19-10(16)12(18,8-14)6-4-2/h3-4,13-14,17-18H,1-2,5-8H2. The monoisotopic (exact) mass is 274 g/mol. The SMILES string of the molecule is C=CCC(O)(CO)C(=O)OC(=O)C(O)(CO)CC=C. The van der Waals surface area contributed by atoms with E-state index in [1.54, 1.807) is 0 Å². The van der Waals surface area contributed by atoms with Gasteiger partial charge in [-0.3, -0.25) is 0 Å². The first-order valence-electron chi connectivity index (χ1n) is 5.44. The number of esters is 2. The molecule has 0 fully saturated rings. The van der Waals surface area contributed by atoms with Crippen LogP contribution in [0.5, 0.6) is 0 Å². The van der Waals surface area contributed by atoms with E-state index in [2.05, 4.69) is 17.9 Å². The maximum Gasteiger partial charge on any atom is 0.348 e. The van der Waals surface area contributed by atoms with E-state index in [9.17, 15) is 19.8 Å². The van der Waals surface area contributed by atoms with Crippen molar-refractivity contribution in [3.63, 3.8) is 0 Å². The Hall–Kier alpha value is -1.54. The maximum absolute atomic E-state index is 11.5. The highest BCUT2D eigenvalue weighted by Crippen LogP contribution is 2.17. The number of aliphatic hydroxyl groups is 4. The summed E-state index contributed by atoms with van der Waals surface area (Å²) < 4.78 is 4.27. The van der Waals surface area contributed by atoms with Gasteiger partial charge >= 0.3 is 11.9 Å². The minimum absolute atomic E-state index is 0.339. The van der Waals surface area contributed by atoms with Crippen LogP contribution >= 0.6 is 0 Å². The molecule has 0 aliphatic rings. The number of rotatable bonds is 8. The predicted octanol–water partition coefficient (Wildman–Crippen LogP) is -1.34. The van der Waals surface area contributed by atoms with Crippen molar-refractivity contribution in [2.45, 2.75) is 24.0 Å². The van der Waals surface area contributed by atoms with Crippen LogP contribution in [0.2, 0.25) is 0 Å². The fourth-order valence-corrected chi connectivity index (χ4v) is 1.18. The summed E-state index contributed by atoms with van der Waals surface area (Å²) in [4.78, 5) is 23.1. The molecule has 0 aliphatic heterocycles. The quantitative estimate of drug-likeness (QED) is 0.245. The molecule has 7 heteroatoms. The van der Waals surface area contributed by atoms with Crippen molar-refractivity contribution in [2.24, 2.45) is 0 Å². The van der Waals surface area contributed by atoms with Gasteiger partial charge in [-0.2, -0.15) is 0 Å². The highest BCUT2D eigenvalue weighted by molar-refractivity contribution is 5.94. The van der Waals surface area contributed by atoms with Crippen molar-refractivity contribution in [3.05, 3.63) is 25.3 Å². The minimum atomic E-state index is -2.32. The molecule has 0 radical (unpaired) electrons. The van der Waals surface area contributed by atoms with Crippen molar-refractivity contribution in [1.82, 2.24) is 0 Å². The lowest BCUT2D eigenvalue weighted by Gasteiger charge is -2.25. The molecule has 7 nitrogen and oxygen atoms in total. The predicted molar refractivity (Wildman–Crippen MR) is 64.8 cm³/mol. The van der Waals surface area contributed by atoms with Gasteiger partial charge in [-0.25, -0.2) is 9.59 Å². The molecule has 19 heavy (non-hydrogen) atoms. The van der Waals surface area contributed by atoms with Crippen LogP contribution in [0.15, 0.2) is 25.3 Å². The van der Waals surface area contributed by atoms with Crippen molar-refractivity contribution in [1.29, 1.82) is 0 Å². The highest BCUT2D eigenvalue weighted by atomic mass is 16.6. The lowest BCUT2D eigenvalue weighted by molar-refractivity contribution is -0.189. The summed E-state index contributed by atoms with van der Waals surface area (Å²) >= 11 is 0. The first-order chi connectivity index (χ1) is 8.79. The second-order valence-electron chi connectivity index (χ2n) is 4.04. The third-order valence-electron chi connectivity index (χ3n) is 2.43. The van der Waals surface area contributed by atoms with Gasteiger partial charge in [0.25, 0.3) is 0 Å². The van der Waals surface area contributed by atoms with Gasteiger partial charge < -0.3 is 25.2 Å². The van der Waals surface area contributed by atoms with Gasteiger partial charge in [0.05, 0.1) is 13.2 Å². The largest absolute Gasteiger partial charge is 0.393 e. The van der Waals surface area contributed by atoms with Crippen LogP contribution in [0.25, 0.3) is 0 Å². The zero-order chi connectivity index (χ0) is 15.1. The summed E-state index contributed by atoms with van der Waals surface area (Å²) in [6, 6.07) is 0. The highest BCUT2D eigenvalue weighted by Gasteiger charge is 2.43. The van der Waals surface area contributed by atoms with Crippen LogP contribution in [-0.2, 0) is 14.3 Å². The van der Waals surface area contributed by atoms with E-state index >= 15 is 0 Å². The average Bonchev–Trinajstić information content (AvgIpc) is 2.38. The molecule has 0 spiro atoms. The Balaban J connectivity index is 4.93. The lowest BCUT2D eigenvalue weighted by Crippen LogP contribution is -2.49. The van der Waals surface area contributed by atoms with Crippen molar-refractivity contribution in [3.8, 4) is 0 Å². The van der Waals surface area contributed by atoms with Crippen LogP contribution in [0, 0.1) is 0 Å². The van der Waals surface area contributed by atoms with Gasteiger partial charge in [0.1, 0.15) is 0 Å². The fourth-order valence-electron chi connectivity index (χ4n) is 1.18. The zero-order valence-corrected chi connectivity index (χ0v) is 10.4. The molecule has 0 heterocycles. The van der Waals surface area contributed by atoms with E-state index in [1.165, 1.54) is 0 Å². The summed E-state index contributed by atoms with van der Waals surface area (Å²) in [5.41, 5.74) is -4.64. The van der Waals surface area contributed by atoms with E-state index in [0.29, 0.717) is 0 Å². The fraction of sp³-hybridized carbons (Fsp3) is 0.500. The van der Waals surface area contributed by atoms with Gasteiger partial charge in [-0.15, -0.1) is 13.2 Å². The van der Waals surface area contributed by atoms with Crippen LogP contribution in [0.4, 0.5) is 0 Å². The Bertz CT molecular complexity index is 331. The Morgan fingerprint density at radius 3 is 1.47 bits per heavy atom. The van der Waals surface area contributed by atoms with E-state index in [0.717, 1.165) is 12.2 Å². The average molecular weight is 274 g/mol. The van der Waals surface area contributed by atoms with Gasteiger partial charge in [0, 0.05) is 12.8 Å². The van der Waals surface area contributed by atoms with Crippen molar-refractivity contribution in [2.75, 3.05) is 13.2 Å². The minimum Gasteiger partial charge on any atom is -0.393 e. The molecule has 0 aliphatic carbocycles. The first kappa shape index (κ1) is 17.5. The smallest absolute Gasteiger partial charge is 0.348 e. The summed E-state index contributed by atoms with van der Waals surface area (Å²) in [5, 5.41) is 37.2. The zero-order valence-electron chi connectivity index (χ0n) is 10.4. The number of hydrogen-bond acceptors (Lipinski definition) is 7. The number of carbonyl (C=O) groups excluding carboxylic acids is 2. The second-order valence-corrected chi connectivity index (χ2v) is 4.04. The molecular formula is C12H18O7. The Kier molecular flexibility index (Phi) is 6.57. The molecule has 108 valence electrons. The summed E-state index contributed by atoms with van der Waals surface area (Å²) in [5.74, 6) is -2.87. The van der Waals surface area contributed by atoms with Gasteiger partial charge in [0.15, 0.2) is 11.2 Å². The van der Waals surface area contributed by atoms with Crippen LogP contribution in [0.1, 0.15) is 12.8 Å². The molecule has 0 aromatic heterocycles. The number of hydrogen-bond donors (Lipinski definition) is 4. The second kappa shape index (κ2) is 7.15. The van der Waals surface area contributed by atoms with Gasteiger partial charge in [0.2, 0.25) is 0 Å². The molecule has 0 bridgehead atoms. The summed E-state index contributed by atoms with van der Waals surface area (Å²) in [6.07, 6.45) is 1.64. The Labute approximate surface area is 110 Å². The van der Waals surface area contributed by atoms with Crippen LogP contribution in [-0.4, -0.2) is 56.8 Å². The normalized spacial score (nSPS) is 16.8. The summed E-state index contributed by atoms with van der Waals surface area (Å²) in [7, 11) is 0. The van der Waals surface area contributed by atoms with Crippen molar-refractivity contribution < 1.29 is 34.8 Å². The Morgan fingerprint density at radius 1 is 0.947 bits per heavy atom.